The molecule has 6 nitrogen and oxygen atoms in total. The van der Waals surface area contributed by atoms with Gasteiger partial charge >= 0.3 is 6.09 Å². The minimum atomic E-state index is -0.455. The molecule has 1 aromatic rings. The molecule has 2 aliphatic rings. The molecule has 1 aromatic heterocycles. The fourth-order valence-electron chi connectivity index (χ4n) is 2.91. The Bertz CT molecular complexity index is 580. The first-order chi connectivity index (χ1) is 10.8. The van der Waals surface area contributed by atoms with Gasteiger partial charge in [-0.2, -0.15) is 0 Å². The number of piperazine rings is 1. The van der Waals surface area contributed by atoms with E-state index in [0.29, 0.717) is 19.0 Å². The molecule has 126 valence electrons. The van der Waals surface area contributed by atoms with Gasteiger partial charge in [0.1, 0.15) is 17.7 Å². The van der Waals surface area contributed by atoms with Gasteiger partial charge < -0.3 is 14.5 Å². The Balaban J connectivity index is 1.64. The normalized spacial score (nSPS) is 22.2. The molecule has 1 saturated heterocycles. The number of rotatable bonds is 2. The first-order valence-corrected chi connectivity index (χ1v) is 8.40. The van der Waals surface area contributed by atoms with Crippen LogP contribution in [0, 0.1) is 0 Å². The van der Waals surface area contributed by atoms with E-state index in [1.54, 1.807) is 11.2 Å². The number of nitrogens with zero attached hydrogens (tertiary/aromatic N) is 4. The average Bonchev–Trinajstić information content (AvgIpc) is 3.30. The maximum absolute atomic E-state index is 12.2. The molecular weight excluding hydrogens is 292 g/mol. The van der Waals surface area contributed by atoms with Crippen LogP contribution in [0.25, 0.3) is 0 Å². The molecule has 2 fully saturated rings. The zero-order chi connectivity index (χ0) is 16.6. The molecule has 1 aliphatic carbocycles. The lowest BCUT2D eigenvalue weighted by Crippen LogP contribution is -2.54. The quantitative estimate of drug-likeness (QED) is 0.839. The van der Waals surface area contributed by atoms with Crippen LogP contribution in [0.5, 0.6) is 0 Å². The summed E-state index contributed by atoms with van der Waals surface area (Å²) in [5.41, 5.74) is 0.695. The Morgan fingerprint density at radius 1 is 1.26 bits per heavy atom. The van der Waals surface area contributed by atoms with Crippen LogP contribution in [-0.4, -0.2) is 52.2 Å². The fraction of sp³-hybridized carbons (Fsp3) is 0.706. The van der Waals surface area contributed by atoms with Crippen molar-refractivity contribution in [2.75, 3.05) is 24.5 Å². The highest BCUT2D eigenvalue weighted by Crippen LogP contribution is 2.39. The molecule has 0 unspecified atom stereocenters. The van der Waals surface area contributed by atoms with Crippen LogP contribution in [0.2, 0.25) is 0 Å². The van der Waals surface area contributed by atoms with Crippen LogP contribution in [0.15, 0.2) is 12.4 Å². The van der Waals surface area contributed by atoms with E-state index in [1.807, 2.05) is 20.8 Å². The molecule has 0 aromatic carbocycles. The summed E-state index contributed by atoms with van der Waals surface area (Å²) in [7, 11) is 0. The standard InChI is InChI=1S/C17H26N4O2/c1-12-10-20(16(22)23-17(2,3)4)7-8-21(12)15-9-14(13-5-6-13)18-11-19-15/h9,11-13H,5-8,10H2,1-4H3/t12-/m0/s1. The molecule has 1 atom stereocenters. The summed E-state index contributed by atoms with van der Waals surface area (Å²) in [6.07, 6.45) is 3.90. The number of carbonyl (C=O) groups excluding carboxylic acids is 1. The van der Waals surface area contributed by atoms with E-state index in [0.717, 1.165) is 18.1 Å². The topological polar surface area (TPSA) is 58.6 Å². The summed E-state index contributed by atoms with van der Waals surface area (Å²) in [6.45, 7) is 9.87. The summed E-state index contributed by atoms with van der Waals surface area (Å²) < 4.78 is 5.47. The van der Waals surface area contributed by atoms with Gasteiger partial charge in [-0.15, -0.1) is 0 Å². The molecule has 3 rings (SSSR count). The van der Waals surface area contributed by atoms with Gasteiger partial charge in [-0.05, 0) is 40.5 Å². The summed E-state index contributed by atoms with van der Waals surface area (Å²) in [5, 5.41) is 0. The van der Waals surface area contributed by atoms with Gasteiger partial charge in [0, 0.05) is 43.4 Å². The lowest BCUT2D eigenvalue weighted by molar-refractivity contribution is 0.0218. The fourth-order valence-corrected chi connectivity index (χ4v) is 2.91. The van der Waals surface area contributed by atoms with Gasteiger partial charge in [-0.3, -0.25) is 0 Å². The maximum Gasteiger partial charge on any atom is 0.410 e. The van der Waals surface area contributed by atoms with Crippen LogP contribution in [0.1, 0.15) is 52.1 Å². The Morgan fingerprint density at radius 3 is 2.61 bits per heavy atom. The van der Waals surface area contributed by atoms with Crippen LogP contribution < -0.4 is 4.90 Å². The van der Waals surface area contributed by atoms with Gasteiger partial charge in [0.15, 0.2) is 0 Å². The number of hydrogen-bond acceptors (Lipinski definition) is 5. The molecular formula is C17H26N4O2. The molecule has 2 heterocycles. The molecule has 1 amide bonds. The van der Waals surface area contributed by atoms with Gasteiger partial charge in [-0.25, -0.2) is 14.8 Å². The number of anilines is 1. The summed E-state index contributed by atoms with van der Waals surface area (Å²) in [6, 6.07) is 2.32. The molecule has 1 aliphatic heterocycles. The second-order valence-electron chi connectivity index (χ2n) is 7.54. The van der Waals surface area contributed by atoms with Crippen LogP contribution >= 0.6 is 0 Å². The van der Waals surface area contributed by atoms with Crippen molar-refractivity contribution < 1.29 is 9.53 Å². The molecule has 0 bridgehead atoms. The van der Waals surface area contributed by atoms with Crippen LogP contribution in [0.4, 0.5) is 10.6 Å². The lowest BCUT2D eigenvalue weighted by atomic mass is 10.1. The smallest absolute Gasteiger partial charge is 0.410 e. The largest absolute Gasteiger partial charge is 0.444 e. The SMILES string of the molecule is C[C@H]1CN(C(=O)OC(C)(C)C)CCN1c1cc(C2CC2)ncn1. The zero-order valence-electron chi connectivity index (χ0n) is 14.5. The second-order valence-corrected chi connectivity index (χ2v) is 7.54. The average molecular weight is 318 g/mol. The van der Waals surface area contributed by atoms with Crippen molar-refractivity contribution in [3.05, 3.63) is 18.1 Å². The van der Waals surface area contributed by atoms with E-state index in [2.05, 4.69) is 27.9 Å². The minimum absolute atomic E-state index is 0.207. The third kappa shape index (κ3) is 3.92. The van der Waals surface area contributed by atoms with Crippen molar-refractivity contribution in [3.63, 3.8) is 0 Å². The minimum Gasteiger partial charge on any atom is -0.444 e. The highest BCUT2D eigenvalue weighted by molar-refractivity contribution is 5.68. The summed E-state index contributed by atoms with van der Waals surface area (Å²) in [5.74, 6) is 1.59. The van der Waals surface area contributed by atoms with E-state index in [9.17, 15) is 4.79 Å². The van der Waals surface area contributed by atoms with Gasteiger partial charge in [0.25, 0.3) is 0 Å². The van der Waals surface area contributed by atoms with Crippen molar-refractivity contribution in [2.45, 2.75) is 58.1 Å². The predicted octanol–water partition coefficient (Wildman–Crippen LogP) is 2.80. The number of aromatic nitrogens is 2. The van der Waals surface area contributed by atoms with Crippen molar-refractivity contribution in [3.8, 4) is 0 Å². The van der Waals surface area contributed by atoms with E-state index >= 15 is 0 Å². The molecule has 0 N–H and O–H groups in total. The third-order valence-electron chi connectivity index (χ3n) is 4.24. The van der Waals surface area contributed by atoms with Gasteiger partial charge in [-0.1, -0.05) is 0 Å². The predicted molar refractivity (Wildman–Crippen MR) is 88.6 cm³/mol. The van der Waals surface area contributed by atoms with Gasteiger partial charge in [0.05, 0.1) is 0 Å². The summed E-state index contributed by atoms with van der Waals surface area (Å²) in [4.78, 5) is 25.1. The van der Waals surface area contributed by atoms with Crippen molar-refractivity contribution in [1.82, 2.24) is 14.9 Å². The molecule has 6 heteroatoms. The Morgan fingerprint density at radius 2 is 2.00 bits per heavy atom. The number of carbonyl (C=O) groups is 1. The molecule has 23 heavy (non-hydrogen) atoms. The van der Waals surface area contributed by atoms with E-state index in [1.165, 1.54) is 12.8 Å². The lowest BCUT2D eigenvalue weighted by Gasteiger charge is -2.40. The van der Waals surface area contributed by atoms with E-state index in [-0.39, 0.29) is 12.1 Å². The zero-order valence-corrected chi connectivity index (χ0v) is 14.5. The Labute approximate surface area is 137 Å². The molecule has 1 saturated carbocycles. The van der Waals surface area contributed by atoms with Crippen LogP contribution in [0.3, 0.4) is 0 Å². The Kier molecular flexibility index (Phi) is 4.17. The van der Waals surface area contributed by atoms with Gasteiger partial charge in [0.2, 0.25) is 0 Å². The monoisotopic (exact) mass is 318 g/mol. The Hall–Kier alpha value is -1.85. The van der Waals surface area contributed by atoms with Crippen molar-refractivity contribution in [1.29, 1.82) is 0 Å². The summed E-state index contributed by atoms with van der Waals surface area (Å²) >= 11 is 0. The van der Waals surface area contributed by atoms with E-state index < -0.39 is 5.60 Å². The first-order valence-electron chi connectivity index (χ1n) is 8.40. The third-order valence-corrected chi connectivity index (χ3v) is 4.24. The van der Waals surface area contributed by atoms with Crippen LogP contribution in [-0.2, 0) is 4.74 Å². The number of amides is 1. The number of ether oxygens (including phenoxy) is 1. The van der Waals surface area contributed by atoms with Crippen molar-refractivity contribution >= 4 is 11.9 Å². The first kappa shape index (κ1) is 16.0. The second kappa shape index (κ2) is 5.98. The molecule has 0 radical (unpaired) electrons. The highest BCUT2D eigenvalue weighted by atomic mass is 16.6. The number of hydrogen-bond donors (Lipinski definition) is 0. The highest BCUT2D eigenvalue weighted by Gasteiger charge is 2.31. The molecule has 0 spiro atoms. The van der Waals surface area contributed by atoms with Crippen molar-refractivity contribution in [2.24, 2.45) is 0 Å². The maximum atomic E-state index is 12.2. The van der Waals surface area contributed by atoms with E-state index in [4.69, 9.17) is 4.74 Å².